The van der Waals surface area contributed by atoms with E-state index < -0.39 is 0 Å². The molecule has 0 atom stereocenters. The SMILES string of the molecule is O=C(NCc1ccc(Cl)cc1)c1ccc(NCc2ccccc2Cl)cn1. The standard InChI is InChI=1S/C20H17Cl2N3O/c21-16-7-5-14(6-8-16)11-25-20(26)19-10-9-17(13-24-19)23-12-15-3-1-2-4-18(15)22/h1-10,13,23H,11-12H2,(H,25,26). The van der Waals surface area contributed by atoms with Gasteiger partial charge in [-0.05, 0) is 41.5 Å². The van der Waals surface area contributed by atoms with Crippen LogP contribution in [0.2, 0.25) is 10.0 Å². The minimum absolute atomic E-state index is 0.224. The van der Waals surface area contributed by atoms with E-state index in [2.05, 4.69) is 15.6 Å². The highest BCUT2D eigenvalue weighted by Crippen LogP contribution is 2.17. The first-order valence-corrected chi connectivity index (χ1v) is 8.83. The fourth-order valence-corrected chi connectivity index (χ4v) is 2.68. The number of halogens is 2. The molecule has 3 rings (SSSR count). The van der Waals surface area contributed by atoms with Crippen molar-refractivity contribution in [1.29, 1.82) is 0 Å². The van der Waals surface area contributed by atoms with Crippen LogP contribution in [-0.4, -0.2) is 10.9 Å². The van der Waals surface area contributed by atoms with E-state index >= 15 is 0 Å². The Hall–Kier alpha value is -2.56. The summed E-state index contributed by atoms with van der Waals surface area (Å²) in [6.07, 6.45) is 1.63. The lowest BCUT2D eigenvalue weighted by molar-refractivity contribution is 0.0946. The summed E-state index contributed by atoms with van der Waals surface area (Å²) in [5.74, 6) is -0.224. The van der Waals surface area contributed by atoms with E-state index in [0.29, 0.717) is 28.8 Å². The highest BCUT2D eigenvalue weighted by molar-refractivity contribution is 6.31. The fourth-order valence-electron chi connectivity index (χ4n) is 2.35. The molecular weight excluding hydrogens is 369 g/mol. The number of anilines is 1. The number of hydrogen-bond acceptors (Lipinski definition) is 3. The predicted octanol–water partition coefficient (Wildman–Crippen LogP) is 4.93. The van der Waals surface area contributed by atoms with Crippen LogP contribution in [0.25, 0.3) is 0 Å². The van der Waals surface area contributed by atoms with Gasteiger partial charge >= 0.3 is 0 Å². The second-order valence-corrected chi connectivity index (χ2v) is 6.53. The van der Waals surface area contributed by atoms with Gasteiger partial charge in [0.05, 0.1) is 11.9 Å². The first-order chi connectivity index (χ1) is 12.6. The van der Waals surface area contributed by atoms with E-state index in [0.717, 1.165) is 16.8 Å². The first-order valence-electron chi connectivity index (χ1n) is 8.08. The van der Waals surface area contributed by atoms with Crippen molar-refractivity contribution in [2.45, 2.75) is 13.1 Å². The van der Waals surface area contributed by atoms with Gasteiger partial charge in [-0.2, -0.15) is 0 Å². The Morgan fingerprint density at radius 1 is 0.923 bits per heavy atom. The maximum Gasteiger partial charge on any atom is 0.270 e. The van der Waals surface area contributed by atoms with E-state index in [1.165, 1.54) is 0 Å². The zero-order valence-corrected chi connectivity index (χ0v) is 15.4. The summed E-state index contributed by atoms with van der Waals surface area (Å²) in [6, 6.07) is 18.5. The van der Waals surface area contributed by atoms with Crippen LogP contribution in [0, 0.1) is 0 Å². The molecule has 1 aromatic heterocycles. The lowest BCUT2D eigenvalue weighted by Crippen LogP contribution is -2.23. The van der Waals surface area contributed by atoms with Crippen molar-refractivity contribution in [3.63, 3.8) is 0 Å². The van der Waals surface area contributed by atoms with Gasteiger partial charge in [0.1, 0.15) is 5.69 Å². The Balaban J connectivity index is 1.54. The number of nitrogens with zero attached hydrogens (tertiary/aromatic N) is 1. The van der Waals surface area contributed by atoms with E-state index in [1.54, 1.807) is 24.4 Å². The van der Waals surface area contributed by atoms with Crippen LogP contribution >= 0.6 is 23.2 Å². The number of amides is 1. The van der Waals surface area contributed by atoms with Gasteiger partial charge in [-0.1, -0.05) is 53.5 Å². The van der Waals surface area contributed by atoms with Crippen LogP contribution in [0.5, 0.6) is 0 Å². The van der Waals surface area contributed by atoms with Crippen molar-refractivity contribution in [3.05, 3.63) is 93.7 Å². The molecule has 0 aliphatic carbocycles. The third kappa shape index (κ3) is 4.97. The molecule has 0 spiro atoms. The Labute approximate surface area is 162 Å². The fraction of sp³-hybridized carbons (Fsp3) is 0.100. The van der Waals surface area contributed by atoms with Gasteiger partial charge in [-0.15, -0.1) is 0 Å². The van der Waals surface area contributed by atoms with Gasteiger partial charge in [-0.3, -0.25) is 4.79 Å². The number of pyridine rings is 1. The summed E-state index contributed by atoms with van der Waals surface area (Å²) >= 11 is 12.0. The van der Waals surface area contributed by atoms with E-state index in [4.69, 9.17) is 23.2 Å². The Kier molecular flexibility index (Phi) is 6.10. The maximum atomic E-state index is 12.2. The number of nitrogens with one attached hydrogen (secondary N) is 2. The molecule has 0 bridgehead atoms. The molecule has 2 aromatic carbocycles. The average Bonchev–Trinajstić information content (AvgIpc) is 2.67. The molecule has 0 saturated heterocycles. The van der Waals surface area contributed by atoms with Gasteiger partial charge in [0.2, 0.25) is 0 Å². The predicted molar refractivity (Wildman–Crippen MR) is 106 cm³/mol. The van der Waals surface area contributed by atoms with Gasteiger partial charge in [0, 0.05) is 23.1 Å². The van der Waals surface area contributed by atoms with E-state index in [1.807, 2.05) is 42.5 Å². The highest BCUT2D eigenvalue weighted by atomic mass is 35.5. The molecule has 2 N–H and O–H groups in total. The van der Waals surface area contributed by atoms with Crippen molar-refractivity contribution in [1.82, 2.24) is 10.3 Å². The lowest BCUT2D eigenvalue weighted by atomic mass is 10.2. The second-order valence-electron chi connectivity index (χ2n) is 5.69. The minimum Gasteiger partial charge on any atom is -0.380 e. The molecule has 0 radical (unpaired) electrons. The first kappa shape index (κ1) is 18.2. The van der Waals surface area contributed by atoms with Crippen LogP contribution in [0.3, 0.4) is 0 Å². The third-order valence-electron chi connectivity index (χ3n) is 3.80. The van der Waals surface area contributed by atoms with Gasteiger partial charge in [0.25, 0.3) is 5.91 Å². The van der Waals surface area contributed by atoms with Gasteiger partial charge < -0.3 is 10.6 Å². The van der Waals surface area contributed by atoms with Crippen LogP contribution in [0.1, 0.15) is 21.6 Å². The molecule has 26 heavy (non-hydrogen) atoms. The van der Waals surface area contributed by atoms with Crippen molar-refractivity contribution in [2.24, 2.45) is 0 Å². The van der Waals surface area contributed by atoms with Gasteiger partial charge in [-0.25, -0.2) is 4.98 Å². The van der Waals surface area contributed by atoms with E-state index in [9.17, 15) is 4.79 Å². The number of rotatable bonds is 6. The zero-order chi connectivity index (χ0) is 18.4. The average molecular weight is 386 g/mol. The summed E-state index contributed by atoms with van der Waals surface area (Å²) < 4.78 is 0. The number of carbonyl (C=O) groups excluding carboxylic acids is 1. The second kappa shape index (κ2) is 8.70. The van der Waals surface area contributed by atoms with Gasteiger partial charge in [0.15, 0.2) is 0 Å². The zero-order valence-electron chi connectivity index (χ0n) is 13.9. The molecule has 4 nitrogen and oxygen atoms in total. The molecule has 0 saturated carbocycles. The van der Waals surface area contributed by atoms with Crippen LogP contribution < -0.4 is 10.6 Å². The molecule has 6 heteroatoms. The number of hydrogen-bond donors (Lipinski definition) is 2. The molecule has 3 aromatic rings. The maximum absolute atomic E-state index is 12.2. The summed E-state index contributed by atoms with van der Waals surface area (Å²) in [5, 5.41) is 7.46. The van der Waals surface area contributed by atoms with Crippen LogP contribution in [0.4, 0.5) is 5.69 Å². The topological polar surface area (TPSA) is 54.0 Å². The van der Waals surface area contributed by atoms with Crippen molar-refractivity contribution < 1.29 is 4.79 Å². The molecule has 1 heterocycles. The van der Waals surface area contributed by atoms with Crippen LogP contribution in [-0.2, 0) is 13.1 Å². The third-order valence-corrected chi connectivity index (χ3v) is 4.42. The summed E-state index contributed by atoms with van der Waals surface area (Å²) in [7, 11) is 0. The quantitative estimate of drug-likeness (QED) is 0.632. The highest BCUT2D eigenvalue weighted by Gasteiger charge is 2.07. The smallest absolute Gasteiger partial charge is 0.270 e. The summed E-state index contributed by atoms with van der Waals surface area (Å²) in [5.41, 5.74) is 3.15. The number of benzene rings is 2. The molecule has 1 amide bonds. The summed E-state index contributed by atoms with van der Waals surface area (Å²) in [4.78, 5) is 16.4. The molecule has 132 valence electrons. The molecule has 0 fully saturated rings. The van der Waals surface area contributed by atoms with Crippen molar-refractivity contribution in [2.75, 3.05) is 5.32 Å². The number of carbonyl (C=O) groups is 1. The largest absolute Gasteiger partial charge is 0.380 e. The normalized spacial score (nSPS) is 10.4. The molecular formula is C20H17Cl2N3O. The Morgan fingerprint density at radius 3 is 2.38 bits per heavy atom. The molecule has 0 aliphatic rings. The minimum atomic E-state index is -0.224. The lowest BCUT2D eigenvalue weighted by Gasteiger charge is -2.09. The monoisotopic (exact) mass is 385 g/mol. The summed E-state index contributed by atoms with van der Waals surface area (Å²) in [6.45, 7) is 1.01. The van der Waals surface area contributed by atoms with Crippen molar-refractivity contribution in [3.8, 4) is 0 Å². The Bertz CT molecular complexity index is 880. The van der Waals surface area contributed by atoms with E-state index in [-0.39, 0.29) is 5.91 Å². The van der Waals surface area contributed by atoms with Crippen LogP contribution in [0.15, 0.2) is 66.9 Å². The molecule has 0 aliphatic heterocycles. The Morgan fingerprint density at radius 2 is 1.69 bits per heavy atom. The van der Waals surface area contributed by atoms with Crippen molar-refractivity contribution >= 4 is 34.8 Å². The number of aromatic nitrogens is 1. The molecule has 0 unspecified atom stereocenters.